The molecule has 0 aromatic heterocycles. The fourth-order valence-electron chi connectivity index (χ4n) is 3.46. The third kappa shape index (κ3) is 3.83. The van der Waals surface area contributed by atoms with Gasteiger partial charge in [-0.2, -0.15) is 9.48 Å². The fraction of sp³-hybridized carbons (Fsp3) is 0.381. The number of carbonyl (C=O) groups is 3. The van der Waals surface area contributed by atoms with Crippen LogP contribution in [-0.2, 0) is 14.3 Å². The number of hydrogen-bond acceptors (Lipinski definition) is 5. The minimum atomic E-state index is -0.837. The molecule has 0 fully saturated rings. The lowest BCUT2D eigenvalue weighted by Crippen LogP contribution is -2.56. The Hall–Kier alpha value is -3.29. The summed E-state index contributed by atoms with van der Waals surface area (Å²) in [6.45, 7) is 7.46. The first kappa shape index (κ1) is 20.4. The molecule has 0 saturated heterocycles. The molecule has 152 valence electrons. The van der Waals surface area contributed by atoms with Gasteiger partial charge < -0.3 is 10.1 Å². The average Bonchev–Trinajstić information content (AvgIpc) is 2.67. The van der Waals surface area contributed by atoms with Gasteiger partial charge in [0.1, 0.15) is 12.0 Å². The molecule has 2 heterocycles. The molecule has 4 amide bonds. The molecule has 2 aliphatic rings. The number of ether oxygens (including phenoxy) is 1. The van der Waals surface area contributed by atoms with Gasteiger partial charge in [-0.25, -0.2) is 4.79 Å². The Bertz CT molecular complexity index is 990. The number of fused-ring (bicyclic) bond motifs is 1. The van der Waals surface area contributed by atoms with E-state index >= 15 is 0 Å². The highest BCUT2D eigenvalue weighted by Crippen LogP contribution is 2.28. The standard InChI is InChI=1S/C21H24N4O4/c1-6-29-18-14(4)10-22-19-17(18)20(27)25(21(28)24(19)5)11-16(26)23-15-8-7-12(2)9-13(15)3/h7-10,17H,6,11H2,1-5H3/p+1. The minimum absolute atomic E-state index is 0.306. The summed E-state index contributed by atoms with van der Waals surface area (Å²) in [6, 6.07) is 5.04. The van der Waals surface area contributed by atoms with E-state index in [1.165, 1.54) is 11.6 Å². The van der Waals surface area contributed by atoms with E-state index < -0.39 is 23.8 Å². The predicted molar refractivity (Wildman–Crippen MR) is 109 cm³/mol. The van der Waals surface area contributed by atoms with E-state index in [0.717, 1.165) is 21.6 Å². The summed E-state index contributed by atoms with van der Waals surface area (Å²) in [4.78, 5) is 43.7. The van der Waals surface area contributed by atoms with E-state index in [2.05, 4.69) is 10.3 Å². The molecule has 3 rings (SSSR count). The van der Waals surface area contributed by atoms with Crippen molar-refractivity contribution in [3.63, 3.8) is 0 Å². The van der Waals surface area contributed by atoms with E-state index in [0.29, 0.717) is 23.9 Å². The molecular formula is C21H25N4O4+. The lowest BCUT2D eigenvalue weighted by molar-refractivity contribution is -0.408. The molecule has 29 heavy (non-hydrogen) atoms. The van der Waals surface area contributed by atoms with Crippen molar-refractivity contribution >= 4 is 35.6 Å². The first-order valence-electron chi connectivity index (χ1n) is 9.45. The van der Waals surface area contributed by atoms with Crippen molar-refractivity contribution < 1.29 is 23.7 Å². The summed E-state index contributed by atoms with van der Waals surface area (Å²) >= 11 is 0. The number of aryl methyl sites for hydroxylation is 2. The van der Waals surface area contributed by atoms with Gasteiger partial charge in [0.15, 0.2) is 12.5 Å². The van der Waals surface area contributed by atoms with Crippen molar-refractivity contribution in [2.75, 3.05) is 25.5 Å². The second-order valence-electron chi connectivity index (χ2n) is 7.16. The Morgan fingerprint density at radius 1 is 1.28 bits per heavy atom. The monoisotopic (exact) mass is 397 g/mol. The molecule has 0 bridgehead atoms. The summed E-state index contributed by atoms with van der Waals surface area (Å²) in [6.07, 6.45) is 1.58. The molecular weight excluding hydrogens is 372 g/mol. The Labute approximate surface area is 169 Å². The highest BCUT2D eigenvalue weighted by atomic mass is 16.5. The van der Waals surface area contributed by atoms with Crippen LogP contribution in [0.25, 0.3) is 0 Å². The van der Waals surface area contributed by atoms with Crippen LogP contribution in [0.2, 0.25) is 0 Å². The topological polar surface area (TPSA) is 91.1 Å². The van der Waals surface area contributed by atoms with Gasteiger partial charge in [0.2, 0.25) is 0 Å². The van der Waals surface area contributed by atoms with Crippen LogP contribution >= 0.6 is 0 Å². The first-order chi connectivity index (χ1) is 13.7. The van der Waals surface area contributed by atoms with E-state index in [9.17, 15) is 14.4 Å². The van der Waals surface area contributed by atoms with Gasteiger partial charge in [0.05, 0.1) is 13.7 Å². The molecule has 1 N–H and O–H groups in total. The zero-order chi connectivity index (χ0) is 21.3. The summed E-state index contributed by atoms with van der Waals surface area (Å²) in [5.74, 6) is -1.04. The first-order valence-corrected chi connectivity index (χ1v) is 9.45. The molecule has 0 spiro atoms. The largest absolute Gasteiger partial charge is 0.496 e. The molecule has 0 saturated carbocycles. The lowest BCUT2D eigenvalue weighted by atomic mass is 9.96. The van der Waals surface area contributed by atoms with Gasteiger partial charge in [0, 0.05) is 11.3 Å². The van der Waals surface area contributed by atoms with Crippen LogP contribution in [0.5, 0.6) is 0 Å². The number of amidine groups is 1. The smallest absolute Gasteiger partial charge is 0.446 e. The van der Waals surface area contributed by atoms with Crippen molar-refractivity contribution in [2.45, 2.75) is 27.7 Å². The number of imide groups is 1. The van der Waals surface area contributed by atoms with Gasteiger partial charge >= 0.3 is 11.9 Å². The van der Waals surface area contributed by atoms with Crippen molar-refractivity contribution in [2.24, 2.45) is 10.9 Å². The molecule has 1 unspecified atom stereocenters. The van der Waals surface area contributed by atoms with Crippen molar-refractivity contribution in [1.82, 2.24) is 4.90 Å². The van der Waals surface area contributed by atoms with Gasteiger partial charge in [-0.1, -0.05) is 17.7 Å². The summed E-state index contributed by atoms with van der Waals surface area (Å²) < 4.78 is 6.97. The number of dihydropyridines is 1. The number of amides is 4. The van der Waals surface area contributed by atoms with Crippen LogP contribution in [0.15, 0.2) is 34.5 Å². The third-order valence-electron chi connectivity index (χ3n) is 4.93. The van der Waals surface area contributed by atoms with Crippen LogP contribution in [0, 0.1) is 19.8 Å². The molecule has 0 aliphatic carbocycles. The quantitative estimate of drug-likeness (QED) is 0.772. The molecule has 1 aromatic rings. The fourth-order valence-corrected chi connectivity index (χ4v) is 3.46. The van der Waals surface area contributed by atoms with Crippen LogP contribution in [0.1, 0.15) is 25.0 Å². The average molecular weight is 397 g/mol. The Balaban J connectivity index is 1.86. The van der Waals surface area contributed by atoms with Gasteiger partial charge in [-0.05, 0) is 39.3 Å². The van der Waals surface area contributed by atoms with Gasteiger partial charge in [-0.3, -0.25) is 9.59 Å². The molecule has 8 nitrogen and oxygen atoms in total. The van der Waals surface area contributed by atoms with E-state index in [4.69, 9.17) is 4.74 Å². The number of aliphatic imine (C=N–C) groups is 1. The van der Waals surface area contributed by atoms with E-state index in [-0.39, 0.29) is 6.54 Å². The number of rotatable bonds is 5. The second kappa shape index (κ2) is 7.98. The molecule has 1 aromatic carbocycles. The highest BCUT2D eigenvalue weighted by molar-refractivity contribution is 6.17. The van der Waals surface area contributed by atoms with Crippen LogP contribution < -0.4 is 5.32 Å². The van der Waals surface area contributed by atoms with E-state index in [1.807, 2.05) is 32.9 Å². The van der Waals surface area contributed by atoms with Crippen LogP contribution in [0.3, 0.4) is 0 Å². The summed E-state index contributed by atoms with van der Waals surface area (Å²) in [5, 5.41) is 2.77. The Kier molecular flexibility index (Phi) is 5.63. The SMILES string of the molecule is CCOC1=C(C)C=NC2=[N+](C)C(=O)N(CC(=O)Nc3ccc(C)cc3C)C(=O)C12. The maximum absolute atomic E-state index is 13.1. The normalized spacial score (nSPS) is 18.9. The number of allylic oxidation sites excluding steroid dienone is 1. The van der Waals surface area contributed by atoms with Crippen LogP contribution in [-0.4, -0.2) is 59.6 Å². The zero-order valence-corrected chi connectivity index (χ0v) is 17.3. The van der Waals surface area contributed by atoms with Crippen molar-refractivity contribution in [1.29, 1.82) is 0 Å². The predicted octanol–water partition coefficient (Wildman–Crippen LogP) is 2.26. The number of nitrogens with zero attached hydrogens (tertiary/aromatic N) is 3. The Morgan fingerprint density at radius 3 is 2.66 bits per heavy atom. The second-order valence-corrected chi connectivity index (χ2v) is 7.16. The number of urea groups is 1. The zero-order valence-electron chi connectivity index (χ0n) is 17.3. The maximum atomic E-state index is 13.1. The summed E-state index contributed by atoms with van der Waals surface area (Å²) in [7, 11) is 1.54. The van der Waals surface area contributed by atoms with Crippen molar-refractivity contribution in [3.05, 3.63) is 40.7 Å². The van der Waals surface area contributed by atoms with E-state index in [1.54, 1.807) is 19.2 Å². The number of carbonyl (C=O) groups excluding carboxylic acids is 3. The highest BCUT2D eigenvalue weighted by Gasteiger charge is 2.50. The molecule has 1 atom stereocenters. The summed E-state index contributed by atoms with van der Waals surface area (Å²) in [5.41, 5.74) is 3.35. The molecule has 8 heteroatoms. The molecule has 0 radical (unpaired) electrons. The lowest BCUT2D eigenvalue weighted by Gasteiger charge is -2.29. The maximum Gasteiger partial charge on any atom is 0.446 e. The van der Waals surface area contributed by atoms with Crippen LogP contribution in [0.4, 0.5) is 10.5 Å². The van der Waals surface area contributed by atoms with Gasteiger partial charge in [-0.15, -0.1) is 4.99 Å². The number of hydrogen-bond donors (Lipinski definition) is 1. The Morgan fingerprint density at radius 2 is 2.00 bits per heavy atom. The molecule has 2 aliphatic heterocycles. The minimum Gasteiger partial charge on any atom is -0.496 e. The number of anilines is 1. The third-order valence-corrected chi connectivity index (χ3v) is 4.93. The number of benzene rings is 1. The number of nitrogens with one attached hydrogen (secondary N) is 1. The van der Waals surface area contributed by atoms with Gasteiger partial charge in [0.25, 0.3) is 11.7 Å². The van der Waals surface area contributed by atoms with Crippen molar-refractivity contribution in [3.8, 4) is 0 Å².